The SMILES string of the molecule is C=CCc1cc(C(=O)Nc2ccc(F)cc2)ccc1OC. The Balaban J connectivity index is 2.20. The molecule has 0 aromatic heterocycles. The first kappa shape index (κ1) is 14.8. The molecule has 108 valence electrons. The highest BCUT2D eigenvalue weighted by Crippen LogP contribution is 2.21. The summed E-state index contributed by atoms with van der Waals surface area (Å²) in [5, 5.41) is 2.72. The third kappa shape index (κ3) is 3.69. The number of hydrogen-bond donors (Lipinski definition) is 1. The van der Waals surface area contributed by atoms with E-state index in [-0.39, 0.29) is 11.7 Å². The van der Waals surface area contributed by atoms with E-state index >= 15 is 0 Å². The molecule has 0 bridgehead atoms. The molecular weight excluding hydrogens is 269 g/mol. The zero-order valence-corrected chi connectivity index (χ0v) is 11.7. The van der Waals surface area contributed by atoms with Crippen LogP contribution in [-0.2, 0) is 6.42 Å². The van der Waals surface area contributed by atoms with Gasteiger partial charge in [-0.15, -0.1) is 6.58 Å². The summed E-state index contributed by atoms with van der Waals surface area (Å²) in [4.78, 5) is 12.2. The molecule has 0 aliphatic carbocycles. The van der Waals surface area contributed by atoms with Gasteiger partial charge in [-0.1, -0.05) is 6.08 Å². The molecule has 4 heteroatoms. The second kappa shape index (κ2) is 6.70. The van der Waals surface area contributed by atoms with Crippen molar-refractivity contribution in [1.82, 2.24) is 0 Å². The van der Waals surface area contributed by atoms with Crippen molar-refractivity contribution in [2.45, 2.75) is 6.42 Å². The zero-order chi connectivity index (χ0) is 15.2. The molecule has 0 radical (unpaired) electrons. The number of allylic oxidation sites excluding steroid dienone is 1. The van der Waals surface area contributed by atoms with Crippen LogP contribution in [0.1, 0.15) is 15.9 Å². The van der Waals surface area contributed by atoms with Crippen LogP contribution in [0.3, 0.4) is 0 Å². The fourth-order valence-electron chi connectivity index (χ4n) is 1.97. The Morgan fingerprint density at radius 1 is 1.29 bits per heavy atom. The van der Waals surface area contributed by atoms with E-state index in [1.807, 2.05) is 0 Å². The maximum Gasteiger partial charge on any atom is 0.255 e. The molecule has 2 aromatic carbocycles. The summed E-state index contributed by atoms with van der Waals surface area (Å²) in [6.07, 6.45) is 2.36. The Morgan fingerprint density at radius 2 is 2.00 bits per heavy atom. The van der Waals surface area contributed by atoms with E-state index in [4.69, 9.17) is 4.74 Å². The van der Waals surface area contributed by atoms with Crippen LogP contribution < -0.4 is 10.1 Å². The van der Waals surface area contributed by atoms with Gasteiger partial charge < -0.3 is 10.1 Å². The molecule has 3 nitrogen and oxygen atoms in total. The molecule has 0 heterocycles. The average molecular weight is 285 g/mol. The van der Waals surface area contributed by atoms with Crippen molar-refractivity contribution in [2.24, 2.45) is 0 Å². The number of methoxy groups -OCH3 is 1. The summed E-state index contributed by atoms with van der Waals surface area (Å²) in [6.45, 7) is 3.69. The molecule has 0 fully saturated rings. The van der Waals surface area contributed by atoms with E-state index in [0.29, 0.717) is 23.4 Å². The van der Waals surface area contributed by atoms with Gasteiger partial charge in [-0.3, -0.25) is 4.79 Å². The molecule has 0 unspecified atom stereocenters. The van der Waals surface area contributed by atoms with Gasteiger partial charge in [0.1, 0.15) is 11.6 Å². The predicted molar refractivity (Wildman–Crippen MR) is 81.2 cm³/mol. The standard InChI is InChI=1S/C17H16FNO2/c1-3-4-12-11-13(5-10-16(12)21-2)17(20)19-15-8-6-14(18)7-9-15/h3,5-11H,1,4H2,2H3,(H,19,20). The van der Waals surface area contributed by atoms with Crippen LogP contribution in [-0.4, -0.2) is 13.0 Å². The first-order valence-electron chi connectivity index (χ1n) is 6.48. The van der Waals surface area contributed by atoms with Crippen LogP contribution in [0, 0.1) is 5.82 Å². The lowest BCUT2D eigenvalue weighted by atomic mass is 10.1. The molecule has 0 spiro atoms. The lowest BCUT2D eigenvalue weighted by Crippen LogP contribution is -2.12. The van der Waals surface area contributed by atoms with Gasteiger partial charge in [0.2, 0.25) is 0 Å². The van der Waals surface area contributed by atoms with Crippen LogP contribution in [0.15, 0.2) is 55.1 Å². The van der Waals surface area contributed by atoms with Gasteiger partial charge in [0.05, 0.1) is 7.11 Å². The molecule has 0 aliphatic rings. The third-order valence-electron chi connectivity index (χ3n) is 3.01. The fourth-order valence-corrected chi connectivity index (χ4v) is 1.97. The first-order chi connectivity index (χ1) is 10.1. The van der Waals surface area contributed by atoms with Crippen molar-refractivity contribution >= 4 is 11.6 Å². The number of halogens is 1. The largest absolute Gasteiger partial charge is 0.496 e. The van der Waals surface area contributed by atoms with Gasteiger partial charge in [0.15, 0.2) is 0 Å². The van der Waals surface area contributed by atoms with Gasteiger partial charge in [-0.05, 0) is 54.4 Å². The number of anilines is 1. The lowest BCUT2D eigenvalue weighted by Gasteiger charge is -2.10. The highest BCUT2D eigenvalue weighted by molar-refractivity contribution is 6.04. The summed E-state index contributed by atoms with van der Waals surface area (Å²) in [5.74, 6) is 0.119. The molecule has 0 saturated carbocycles. The van der Waals surface area contributed by atoms with Gasteiger partial charge in [0.25, 0.3) is 5.91 Å². The number of nitrogens with one attached hydrogen (secondary N) is 1. The van der Waals surface area contributed by atoms with E-state index in [9.17, 15) is 9.18 Å². The van der Waals surface area contributed by atoms with Crippen LogP contribution in [0.2, 0.25) is 0 Å². The number of hydrogen-bond acceptors (Lipinski definition) is 2. The molecule has 0 saturated heterocycles. The smallest absolute Gasteiger partial charge is 0.255 e. The second-order valence-electron chi connectivity index (χ2n) is 4.48. The van der Waals surface area contributed by atoms with E-state index < -0.39 is 0 Å². The quantitative estimate of drug-likeness (QED) is 0.848. The lowest BCUT2D eigenvalue weighted by molar-refractivity contribution is 0.102. The van der Waals surface area contributed by atoms with Crippen molar-refractivity contribution in [3.63, 3.8) is 0 Å². The van der Waals surface area contributed by atoms with Crippen LogP contribution in [0.5, 0.6) is 5.75 Å². The summed E-state index contributed by atoms with van der Waals surface area (Å²) >= 11 is 0. The summed E-state index contributed by atoms with van der Waals surface area (Å²) in [5.41, 5.74) is 1.94. The number of amides is 1. The Morgan fingerprint density at radius 3 is 2.62 bits per heavy atom. The van der Waals surface area contributed by atoms with Crippen molar-refractivity contribution in [1.29, 1.82) is 0 Å². The van der Waals surface area contributed by atoms with E-state index in [2.05, 4.69) is 11.9 Å². The highest BCUT2D eigenvalue weighted by atomic mass is 19.1. The molecular formula is C17H16FNO2. The highest BCUT2D eigenvalue weighted by Gasteiger charge is 2.10. The minimum Gasteiger partial charge on any atom is -0.496 e. The summed E-state index contributed by atoms with van der Waals surface area (Å²) < 4.78 is 18.1. The average Bonchev–Trinajstić information content (AvgIpc) is 2.50. The maximum absolute atomic E-state index is 12.8. The molecule has 2 aromatic rings. The van der Waals surface area contributed by atoms with E-state index in [1.165, 1.54) is 24.3 Å². The molecule has 0 atom stereocenters. The Kier molecular flexibility index (Phi) is 4.72. The predicted octanol–water partition coefficient (Wildman–Crippen LogP) is 3.82. The second-order valence-corrected chi connectivity index (χ2v) is 4.48. The minimum absolute atomic E-state index is 0.255. The Labute approximate surface area is 123 Å². The van der Waals surface area contributed by atoms with E-state index in [1.54, 1.807) is 31.4 Å². The van der Waals surface area contributed by atoms with Gasteiger partial charge in [-0.25, -0.2) is 4.39 Å². The van der Waals surface area contributed by atoms with Crippen molar-refractivity contribution < 1.29 is 13.9 Å². The zero-order valence-electron chi connectivity index (χ0n) is 11.7. The maximum atomic E-state index is 12.8. The van der Waals surface area contributed by atoms with Gasteiger partial charge in [-0.2, -0.15) is 0 Å². The van der Waals surface area contributed by atoms with Gasteiger partial charge in [0, 0.05) is 11.3 Å². The topological polar surface area (TPSA) is 38.3 Å². The molecule has 1 amide bonds. The molecule has 21 heavy (non-hydrogen) atoms. The number of rotatable bonds is 5. The van der Waals surface area contributed by atoms with Crippen molar-refractivity contribution in [3.8, 4) is 5.75 Å². The summed E-state index contributed by atoms with van der Waals surface area (Å²) in [6, 6.07) is 10.8. The molecule has 1 N–H and O–H groups in total. The Bertz CT molecular complexity index is 650. The fraction of sp³-hybridized carbons (Fsp3) is 0.118. The normalized spacial score (nSPS) is 10.0. The number of ether oxygens (including phenoxy) is 1. The number of carbonyl (C=O) groups excluding carboxylic acids is 1. The molecule has 0 aliphatic heterocycles. The van der Waals surface area contributed by atoms with Crippen LogP contribution >= 0.6 is 0 Å². The van der Waals surface area contributed by atoms with Crippen molar-refractivity contribution in [2.75, 3.05) is 12.4 Å². The van der Waals surface area contributed by atoms with E-state index in [0.717, 1.165) is 5.56 Å². The van der Waals surface area contributed by atoms with Crippen LogP contribution in [0.4, 0.5) is 10.1 Å². The summed E-state index contributed by atoms with van der Waals surface area (Å²) in [7, 11) is 1.58. The Hall–Kier alpha value is -2.62. The minimum atomic E-state index is -0.342. The molecule has 2 rings (SSSR count). The number of carbonyl (C=O) groups is 1. The van der Waals surface area contributed by atoms with Crippen molar-refractivity contribution in [3.05, 3.63) is 72.1 Å². The number of benzene rings is 2. The van der Waals surface area contributed by atoms with Gasteiger partial charge >= 0.3 is 0 Å². The first-order valence-corrected chi connectivity index (χ1v) is 6.48. The van der Waals surface area contributed by atoms with Crippen LogP contribution in [0.25, 0.3) is 0 Å². The third-order valence-corrected chi connectivity index (χ3v) is 3.01. The monoisotopic (exact) mass is 285 g/mol.